The molecule has 0 bridgehead atoms. The number of pyridine rings is 1. The fourth-order valence-corrected chi connectivity index (χ4v) is 9.07. The fraction of sp³-hybridized carbons (Fsp3) is 0.0682. The summed E-state index contributed by atoms with van der Waals surface area (Å²) in [5.74, 6) is 0. The van der Waals surface area contributed by atoms with Crippen molar-refractivity contribution in [1.82, 2.24) is 9.38 Å². The Hall–Kier alpha value is -5.51. The van der Waals surface area contributed by atoms with Crippen molar-refractivity contribution in [2.75, 3.05) is 0 Å². The van der Waals surface area contributed by atoms with E-state index in [4.69, 9.17) is 4.98 Å². The molecule has 2 nitrogen and oxygen atoms in total. The van der Waals surface area contributed by atoms with E-state index in [1.54, 1.807) is 0 Å². The van der Waals surface area contributed by atoms with Crippen molar-refractivity contribution in [2.45, 2.75) is 18.8 Å². The molecule has 3 aromatic heterocycles. The van der Waals surface area contributed by atoms with Gasteiger partial charge in [-0.15, -0.1) is 11.3 Å². The number of benzene rings is 6. The van der Waals surface area contributed by atoms with Gasteiger partial charge >= 0.3 is 0 Å². The largest absolute Gasteiger partial charge is 0.284 e. The smallest absolute Gasteiger partial charge is 0.139 e. The molecule has 0 radical (unpaired) electrons. The molecule has 47 heavy (non-hydrogen) atoms. The number of allylic oxidation sites excluding steroid dienone is 4. The summed E-state index contributed by atoms with van der Waals surface area (Å²) in [4.78, 5) is 6.36. The Bertz CT molecular complexity index is 2780. The van der Waals surface area contributed by atoms with Crippen LogP contribution in [-0.4, -0.2) is 9.38 Å². The first-order valence-corrected chi connectivity index (χ1v) is 17.1. The topological polar surface area (TPSA) is 17.3 Å². The molecule has 1 atom stereocenters. The van der Waals surface area contributed by atoms with E-state index in [-0.39, 0.29) is 5.41 Å². The molecule has 0 aliphatic heterocycles. The van der Waals surface area contributed by atoms with E-state index in [1.807, 2.05) is 11.3 Å². The quantitative estimate of drug-likeness (QED) is 0.180. The average Bonchev–Trinajstić information content (AvgIpc) is 3.67. The van der Waals surface area contributed by atoms with Crippen molar-refractivity contribution in [2.24, 2.45) is 0 Å². The highest BCUT2D eigenvalue weighted by molar-refractivity contribution is 7.25. The first-order chi connectivity index (χ1) is 23.2. The van der Waals surface area contributed by atoms with Gasteiger partial charge in [0.2, 0.25) is 0 Å². The number of nitrogens with zero attached hydrogens (tertiary/aromatic N) is 2. The number of fused-ring (bicyclic) bond motifs is 9. The second kappa shape index (κ2) is 9.99. The van der Waals surface area contributed by atoms with Gasteiger partial charge in [0.25, 0.3) is 0 Å². The Balaban J connectivity index is 1.25. The van der Waals surface area contributed by atoms with Gasteiger partial charge in [0.15, 0.2) is 0 Å². The van der Waals surface area contributed by atoms with Crippen LogP contribution >= 0.6 is 11.3 Å². The molecule has 0 amide bonds. The Labute approximate surface area is 276 Å². The minimum absolute atomic E-state index is 0.122. The van der Waals surface area contributed by atoms with Crippen LogP contribution in [0.15, 0.2) is 152 Å². The normalized spacial score (nSPS) is 16.4. The number of aromatic nitrogens is 2. The van der Waals surface area contributed by atoms with Crippen LogP contribution in [0.5, 0.6) is 0 Å². The van der Waals surface area contributed by atoms with Crippen molar-refractivity contribution < 1.29 is 0 Å². The van der Waals surface area contributed by atoms with Crippen molar-refractivity contribution >= 4 is 69.9 Å². The molecule has 0 saturated heterocycles. The van der Waals surface area contributed by atoms with E-state index in [2.05, 4.69) is 163 Å². The third-order valence-electron chi connectivity index (χ3n) is 10.1. The third-order valence-corrected chi connectivity index (χ3v) is 11.3. The second-order valence-electron chi connectivity index (χ2n) is 13.0. The molecule has 1 aliphatic carbocycles. The van der Waals surface area contributed by atoms with Gasteiger partial charge in [-0.2, -0.15) is 0 Å². The molecule has 0 fully saturated rings. The van der Waals surface area contributed by atoms with Gasteiger partial charge in [-0.25, -0.2) is 4.98 Å². The highest BCUT2D eigenvalue weighted by Crippen LogP contribution is 2.47. The lowest BCUT2D eigenvalue weighted by Crippen LogP contribution is -2.20. The van der Waals surface area contributed by atoms with E-state index in [1.165, 1.54) is 75.2 Å². The summed E-state index contributed by atoms with van der Waals surface area (Å²) < 4.78 is 3.58. The number of rotatable bonds is 3. The molecule has 9 aromatic rings. The van der Waals surface area contributed by atoms with Gasteiger partial charge in [0.05, 0.1) is 5.52 Å². The Kier molecular flexibility index (Phi) is 5.67. The zero-order valence-corrected chi connectivity index (χ0v) is 26.8. The Morgan fingerprint density at radius 2 is 1.38 bits per heavy atom. The van der Waals surface area contributed by atoms with Crippen LogP contribution in [0.3, 0.4) is 0 Å². The zero-order chi connectivity index (χ0) is 31.1. The van der Waals surface area contributed by atoms with Crippen molar-refractivity contribution in [3.8, 4) is 22.3 Å². The third kappa shape index (κ3) is 3.93. The maximum absolute atomic E-state index is 5.16. The van der Waals surface area contributed by atoms with Gasteiger partial charge in [-0.05, 0) is 97.6 Å². The average molecular weight is 619 g/mol. The summed E-state index contributed by atoms with van der Waals surface area (Å²) >= 11 is 1.83. The number of hydrogen-bond donors (Lipinski definition) is 0. The summed E-state index contributed by atoms with van der Waals surface area (Å²) in [5.41, 5.74) is 9.54. The van der Waals surface area contributed by atoms with Crippen molar-refractivity contribution in [1.29, 1.82) is 0 Å². The highest BCUT2D eigenvalue weighted by atomic mass is 32.1. The summed E-state index contributed by atoms with van der Waals surface area (Å²) in [6.07, 6.45) is 10.1. The number of para-hydroxylation sites is 1. The molecular weight excluding hydrogens is 589 g/mol. The monoisotopic (exact) mass is 618 g/mol. The van der Waals surface area contributed by atoms with E-state index in [9.17, 15) is 0 Å². The SMILES string of the molecule is CC1(c2c3ccccc3c(-c3ccccc3)c3ccc(-c4ccc5sc6c(nc7ccc8ccccc8n76)c5c4)cc23)C=CC=CC1. The molecule has 222 valence electrons. The minimum atomic E-state index is -0.122. The van der Waals surface area contributed by atoms with Crippen LogP contribution in [0.2, 0.25) is 0 Å². The molecule has 0 saturated carbocycles. The number of thiophene rings is 1. The standard InChI is InChI=1S/C44H30N2S/c1-44(24-10-3-11-25-44)41-34-16-8-7-15-32(34)40(29-13-4-2-5-14-29)33-21-18-30(26-35(33)41)31-19-22-38-36(27-31)42-43(47-38)46-37-17-9-6-12-28(37)20-23-39(46)45-42/h2-24,26-27H,25H2,1H3. The van der Waals surface area contributed by atoms with Crippen LogP contribution in [0.4, 0.5) is 0 Å². The molecule has 10 rings (SSSR count). The molecule has 1 unspecified atom stereocenters. The molecule has 0 N–H and O–H groups in total. The zero-order valence-electron chi connectivity index (χ0n) is 25.9. The predicted octanol–water partition coefficient (Wildman–Crippen LogP) is 12.3. The fourth-order valence-electron chi connectivity index (χ4n) is 7.92. The summed E-state index contributed by atoms with van der Waals surface area (Å²) in [5, 5.41) is 7.68. The summed E-state index contributed by atoms with van der Waals surface area (Å²) in [7, 11) is 0. The molecule has 6 aromatic carbocycles. The minimum Gasteiger partial charge on any atom is -0.284 e. The van der Waals surface area contributed by atoms with Crippen molar-refractivity contribution in [3.63, 3.8) is 0 Å². The van der Waals surface area contributed by atoms with Gasteiger partial charge in [-0.3, -0.25) is 4.40 Å². The number of hydrogen-bond acceptors (Lipinski definition) is 2. The van der Waals surface area contributed by atoms with E-state index >= 15 is 0 Å². The van der Waals surface area contributed by atoms with Gasteiger partial charge in [-0.1, -0.05) is 122 Å². The lowest BCUT2D eigenvalue weighted by atomic mass is 9.72. The predicted molar refractivity (Wildman–Crippen MR) is 202 cm³/mol. The van der Waals surface area contributed by atoms with Crippen LogP contribution in [0.25, 0.3) is 80.8 Å². The van der Waals surface area contributed by atoms with Gasteiger partial charge in [0, 0.05) is 15.5 Å². The first kappa shape index (κ1) is 26.7. The summed E-state index contributed by atoms with van der Waals surface area (Å²) in [6, 6.07) is 46.8. The molecule has 1 aliphatic rings. The van der Waals surface area contributed by atoms with E-state index in [0.29, 0.717) is 0 Å². The lowest BCUT2D eigenvalue weighted by molar-refractivity contribution is 0.610. The Morgan fingerprint density at radius 1 is 0.638 bits per heavy atom. The highest BCUT2D eigenvalue weighted by Gasteiger charge is 2.29. The van der Waals surface area contributed by atoms with Crippen LogP contribution < -0.4 is 0 Å². The molecule has 0 spiro atoms. The van der Waals surface area contributed by atoms with E-state index < -0.39 is 0 Å². The maximum atomic E-state index is 5.16. The lowest BCUT2D eigenvalue weighted by Gasteiger charge is -2.31. The maximum Gasteiger partial charge on any atom is 0.139 e. The van der Waals surface area contributed by atoms with Gasteiger partial charge in [0.1, 0.15) is 16.0 Å². The first-order valence-electron chi connectivity index (χ1n) is 16.3. The molecular formula is C44H30N2S. The van der Waals surface area contributed by atoms with Crippen LogP contribution in [0, 0.1) is 0 Å². The van der Waals surface area contributed by atoms with Crippen molar-refractivity contribution in [3.05, 3.63) is 157 Å². The molecule has 3 heterocycles. The van der Waals surface area contributed by atoms with Crippen LogP contribution in [0.1, 0.15) is 18.9 Å². The Morgan fingerprint density at radius 3 is 2.23 bits per heavy atom. The number of imidazole rings is 1. The molecule has 3 heteroatoms. The van der Waals surface area contributed by atoms with Gasteiger partial charge < -0.3 is 0 Å². The van der Waals surface area contributed by atoms with E-state index in [0.717, 1.165) is 17.6 Å². The summed E-state index contributed by atoms with van der Waals surface area (Å²) in [6.45, 7) is 2.39. The van der Waals surface area contributed by atoms with Crippen LogP contribution in [-0.2, 0) is 5.41 Å². The second-order valence-corrected chi connectivity index (χ2v) is 14.0.